The van der Waals surface area contributed by atoms with E-state index in [0.717, 1.165) is 19.6 Å². The number of rotatable bonds is 5. The zero-order chi connectivity index (χ0) is 13.1. The molecule has 1 aliphatic carbocycles. The van der Waals surface area contributed by atoms with Crippen LogP contribution in [0.3, 0.4) is 0 Å². The lowest BCUT2D eigenvalue weighted by molar-refractivity contribution is 0.556. The van der Waals surface area contributed by atoms with Gasteiger partial charge in [0.1, 0.15) is 5.82 Å². The largest absolute Gasteiger partial charge is 0.331 e. The van der Waals surface area contributed by atoms with E-state index >= 15 is 0 Å². The highest BCUT2D eigenvalue weighted by molar-refractivity contribution is 7.09. The van der Waals surface area contributed by atoms with E-state index in [0.29, 0.717) is 0 Å². The zero-order valence-electron chi connectivity index (χ0n) is 11.5. The summed E-state index contributed by atoms with van der Waals surface area (Å²) in [6.45, 7) is 5.17. The molecule has 3 nitrogen and oxygen atoms in total. The maximum absolute atomic E-state index is 4.72. The fourth-order valence-electron chi connectivity index (χ4n) is 2.85. The molecular formula is C15H21N3S. The third-order valence-electron chi connectivity index (χ3n) is 3.82. The molecule has 0 bridgehead atoms. The number of fused-ring (bicyclic) bond motifs is 1. The average Bonchev–Trinajstić information content (AvgIpc) is 3.02. The number of hydrogen-bond acceptors (Lipinski definition) is 3. The van der Waals surface area contributed by atoms with Crippen molar-refractivity contribution in [3.05, 3.63) is 39.6 Å². The lowest BCUT2D eigenvalue weighted by Crippen LogP contribution is -2.21. The quantitative estimate of drug-likeness (QED) is 0.850. The monoisotopic (exact) mass is 275 g/mol. The molecule has 0 aromatic carbocycles. The standard InChI is InChI=1S/C15H21N3S/c1-12-17-14-6-2-3-7-15(14)18(12)9-8-16-11-13-5-4-10-19-13/h4-5,10,16H,2-3,6-9,11H2,1H3. The van der Waals surface area contributed by atoms with Gasteiger partial charge in [0.05, 0.1) is 5.69 Å². The Kier molecular flexibility index (Phi) is 3.99. The van der Waals surface area contributed by atoms with Crippen molar-refractivity contribution in [1.82, 2.24) is 14.9 Å². The molecule has 2 aromatic heterocycles. The van der Waals surface area contributed by atoms with Crippen molar-refractivity contribution in [2.24, 2.45) is 0 Å². The van der Waals surface area contributed by atoms with Crippen molar-refractivity contribution in [2.75, 3.05) is 6.54 Å². The molecule has 0 fully saturated rings. The number of hydrogen-bond donors (Lipinski definition) is 1. The molecule has 2 aromatic rings. The van der Waals surface area contributed by atoms with E-state index in [4.69, 9.17) is 4.98 Å². The predicted molar refractivity (Wildman–Crippen MR) is 79.6 cm³/mol. The van der Waals surface area contributed by atoms with Crippen LogP contribution in [0.4, 0.5) is 0 Å². The summed E-state index contributed by atoms with van der Waals surface area (Å²) in [5, 5.41) is 5.65. The minimum atomic E-state index is 0.980. The number of nitrogens with zero attached hydrogens (tertiary/aromatic N) is 2. The summed E-state index contributed by atoms with van der Waals surface area (Å²) in [7, 11) is 0. The number of aromatic nitrogens is 2. The second kappa shape index (κ2) is 5.88. The van der Waals surface area contributed by atoms with E-state index in [-0.39, 0.29) is 0 Å². The van der Waals surface area contributed by atoms with Crippen LogP contribution in [0.2, 0.25) is 0 Å². The summed E-state index contributed by atoms with van der Waals surface area (Å²) < 4.78 is 2.41. The first kappa shape index (κ1) is 12.9. The van der Waals surface area contributed by atoms with Gasteiger partial charge in [-0.15, -0.1) is 11.3 Å². The highest BCUT2D eigenvalue weighted by Crippen LogP contribution is 2.21. The molecular weight excluding hydrogens is 254 g/mol. The van der Waals surface area contributed by atoms with Gasteiger partial charge in [0, 0.05) is 30.2 Å². The first-order valence-corrected chi connectivity index (χ1v) is 8.00. The van der Waals surface area contributed by atoms with Crippen molar-refractivity contribution in [3.63, 3.8) is 0 Å². The molecule has 0 amide bonds. The van der Waals surface area contributed by atoms with Gasteiger partial charge >= 0.3 is 0 Å². The Morgan fingerprint density at radius 3 is 3.11 bits per heavy atom. The van der Waals surface area contributed by atoms with E-state index in [1.165, 1.54) is 47.8 Å². The molecule has 0 saturated heterocycles. The maximum Gasteiger partial charge on any atom is 0.106 e. The van der Waals surface area contributed by atoms with Crippen LogP contribution >= 0.6 is 11.3 Å². The lowest BCUT2D eigenvalue weighted by Gasteiger charge is -2.15. The number of nitrogens with one attached hydrogen (secondary N) is 1. The molecule has 2 heterocycles. The smallest absolute Gasteiger partial charge is 0.106 e. The summed E-state index contributed by atoms with van der Waals surface area (Å²) in [5.74, 6) is 1.19. The van der Waals surface area contributed by atoms with Gasteiger partial charge in [0.2, 0.25) is 0 Å². The Labute approximate surface area is 118 Å². The van der Waals surface area contributed by atoms with E-state index in [9.17, 15) is 0 Å². The van der Waals surface area contributed by atoms with Crippen molar-refractivity contribution in [3.8, 4) is 0 Å². The fraction of sp³-hybridized carbons (Fsp3) is 0.533. The number of aryl methyl sites for hydroxylation is 2. The van der Waals surface area contributed by atoms with Crippen molar-refractivity contribution in [1.29, 1.82) is 0 Å². The Morgan fingerprint density at radius 2 is 2.26 bits per heavy atom. The van der Waals surface area contributed by atoms with Crippen LogP contribution in [0.1, 0.15) is 34.9 Å². The summed E-state index contributed by atoms with van der Waals surface area (Å²) in [6, 6.07) is 4.29. The lowest BCUT2D eigenvalue weighted by atomic mass is 10.0. The SMILES string of the molecule is Cc1nc2c(n1CCNCc1cccs1)CCCC2. The fourth-order valence-corrected chi connectivity index (χ4v) is 3.52. The van der Waals surface area contributed by atoms with E-state index < -0.39 is 0 Å². The minimum absolute atomic E-state index is 0.980. The van der Waals surface area contributed by atoms with Gasteiger partial charge in [-0.2, -0.15) is 0 Å². The predicted octanol–water partition coefficient (Wildman–Crippen LogP) is 2.92. The normalized spacial score (nSPS) is 14.6. The second-order valence-electron chi connectivity index (χ2n) is 5.17. The van der Waals surface area contributed by atoms with Crippen LogP contribution in [-0.4, -0.2) is 16.1 Å². The average molecular weight is 275 g/mol. The van der Waals surface area contributed by atoms with E-state index in [2.05, 4.69) is 34.3 Å². The van der Waals surface area contributed by atoms with Crippen molar-refractivity contribution < 1.29 is 0 Å². The van der Waals surface area contributed by atoms with Gasteiger partial charge in [-0.1, -0.05) is 6.07 Å². The second-order valence-corrected chi connectivity index (χ2v) is 6.20. The van der Waals surface area contributed by atoms with Gasteiger partial charge in [0.25, 0.3) is 0 Å². The Hall–Kier alpha value is -1.13. The first-order chi connectivity index (χ1) is 9.34. The molecule has 4 heteroatoms. The van der Waals surface area contributed by atoms with Gasteiger partial charge in [0.15, 0.2) is 0 Å². The molecule has 0 saturated carbocycles. The molecule has 0 radical (unpaired) electrons. The molecule has 1 N–H and O–H groups in total. The Bertz CT molecular complexity index is 528. The molecule has 0 atom stereocenters. The van der Waals surface area contributed by atoms with Crippen LogP contribution in [0, 0.1) is 6.92 Å². The molecule has 0 unspecified atom stereocenters. The van der Waals surface area contributed by atoms with Crippen LogP contribution < -0.4 is 5.32 Å². The summed E-state index contributed by atoms with van der Waals surface area (Å²) in [4.78, 5) is 6.12. The topological polar surface area (TPSA) is 29.9 Å². The van der Waals surface area contributed by atoms with Crippen molar-refractivity contribution in [2.45, 2.75) is 45.7 Å². The summed E-state index contributed by atoms with van der Waals surface area (Å²) in [5.41, 5.74) is 2.84. The van der Waals surface area contributed by atoms with Crippen LogP contribution in [0.25, 0.3) is 0 Å². The Morgan fingerprint density at radius 1 is 1.37 bits per heavy atom. The number of thiophene rings is 1. The summed E-state index contributed by atoms with van der Waals surface area (Å²) >= 11 is 1.82. The first-order valence-electron chi connectivity index (χ1n) is 7.12. The van der Waals surface area contributed by atoms with Gasteiger partial charge < -0.3 is 9.88 Å². The third-order valence-corrected chi connectivity index (χ3v) is 4.69. The molecule has 1 aliphatic rings. The van der Waals surface area contributed by atoms with E-state index in [1.807, 2.05) is 11.3 Å². The van der Waals surface area contributed by atoms with Crippen molar-refractivity contribution >= 4 is 11.3 Å². The van der Waals surface area contributed by atoms with Crippen LogP contribution in [0.15, 0.2) is 17.5 Å². The van der Waals surface area contributed by atoms with E-state index in [1.54, 1.807) is 0 Å². The third kappa shape index (κ3) is 2.90. The molecule has 19 heavy (non-hydrogen) atoms. The maximum atomic E-state index is 4.72. The Balaban J connectivity index is 1.56. The van der Waals surface area contributed by atoms with Gasteiger partial charge in [-0.25, -0.2) is 4.98 Å². The van der Waals surface area contributed by atoms with Crippen LogP contribution in [0.5, 0.6) is 0 Å². The molecule has 102 valence electrons. The molecule has 3 rings (SSSR count). The highest BCUT2D eigenvalue weighted by Gasteiger charge is 2.17. The highest BCUT2D eigenvalue weighted by atomic mass is 32.1. The van der Waals surface area contributed by atoms with Crippen LogP contribution in [-0.2, 0) is 25.9 Å². The van der Waals surface area contributed by atoms with Gasteiger partial charge in [-0.3, -0.25) is 0 Å². The number of imidazole rings is 1. The minimum Gasteiger partial charge on any atom is -0.331 e. The summed E-state index contributed by atoms with van der Waals surface area (Å²) in [6.07, 6.45) is 5.01. The van der Waals surface area contributed by atoms with Gasteiger partial charge in [-0.05, 0) is 44.1 Å². The molecule has 0 aliphatic heterocycles. The molecule has 0 spiro atoms. The zero-order valence-corrected chi connectivity index (χ0v) is 12.3.